The molecule has 2 rings (SSSR count). The second-order valence-corrected chi connectivity index (χ2v) is 7.03. The molecular weight excluding hydrogens is 278 g/mol. The number of nitrogens with zero attached hydrogens (tertiary/aromatic N) is 1. The first-order valence-electron chi connectivity index (χ1n) is 6.49. The van der Waals surface area contributed by atoms with E-state index in [0.717, 1.165) is 5.56 Å². The predicted molar refractivity (Wildman–Crippen MR) is 79.2 cm³/mol. The van der Waals surface area contributed by atoms with Crippen LogP contribution >= 0.6 is 0 Å². The fraction of sp³-hybridized carbons (Fsp3) is 0.462. The quantitative estimate of drug-likeness (QED) is 0.864. The lowest BCUT2D eigenvalue weighted by atomic mass is 10.1. The smallest absolute Gasteiger partial charge is 0.240 e. The lowest BCUT2D eigenvalue weighted by Crippen LogP contribution is -2.32. The van der Waals surface area contributed by atoms with Gasteiger partial charge in [0, 0.05) is 12.2 Å². The monoisotopic (exact) mass is 297 g/mol. The van der Waals surface area contributed by atoms with E-state index < -0.39 is 16.1 Å². The van der Waals surface area contributed by atoms with Gasteiger partial charge < -0.3 is 11.1 Å². The molecule has 1 saturated heterocycles. The van der Waals surface area contributed by atoms with E-state index in [1.165, 1.54) is 4.31 Å². The van der Waals surface area contributed by atoms with Crippen molar-refractivity contribution >= 4 is 27.3 Å². The summed E-state index contributed by atoms with van der Waals surface area (Å²) in [4.78, 5) is 11.6. The maximum atomic E-state index is 12.0. The first-order chi connectivity index (χ1) is 9.31. The third kappa shape index (κ3) is 2.94. The molecule has 1 heterocycles. The minimum absolute atomic E-state index is 0.170. The van der Waals surface area contributed by atoms with Crippen molar-refractivity contribution in [1.82, 2.24) is 0 Å². The molecule has 7 heteroatoms. The molecule has 6 nitrogen and oxygen atoms in total. The Balaban J connectivity index is 2.32. The van der Waals surface area contributed by atoms with Gasteiger partial charge in [-0.25, -0.2) is 8.42 Å². The molecule has 1 aromatic rings. The summed E-state index contributed by atoms with van der Waals surface area (Å²) >= 11 is 0. The molecule has 3 N–H and O–H groups in total. The van der Waals surface area contributed by atoms with E-state index in [0.29, 0.717) is 24.3 Å². The number of anilines is 2. The van der Waals surface area contributed by atoms with Gasteiger partial charge in [0.2, 0.25) is 15.9 Å². The van der Waals surface area contributed by atoms with Crippen LogP contribution in [0, 0.1) is 6.92 Å². The number of rotatable bonds is 3. The van der Waals surface area contributed by atoms with Gasteiger partial charge in [0.25, 0.3) is 0 Å². The SMILES string of the molecule is Cc1ccc(NC(=O)[C@@H](C)N)cc1N1CCCS1(=O)=O. The Labute approximate surface area is 119 Å². The number of amides is 1. The second kappa shape index (κ2) is 5.41. The van der Waals surface area contributed by atoms with E-state index >= 15 is 0 Å². The summed E-state index contributed by atoms with van der Waals surface area (Å²) < 4.78 is 25.4. The Morgan fingerprint density at radius 3 is 2.70 bits per heavy atom. The third-order valence-electron chi connectivity index (χ3n) is 3.26. The molecule has 0 aliphatic carbocycles. The van der Waals surface area contributed by atoms with Crippen LogP contribution < -0.4 is 15.4 Å². The lowest BCUT2D eigenvalue weighted by molar-refractivity contribution is -0.117. The Bertz CT molecular complexity index is 626. The summed E-state index contributed by atoms with van der Waals surface area (Å²) in [6, 6.07) is 4.59. The van der Waals surface area contributed by atoms with E-state index in [1.54, 1.807) is 25.1 Å². The van der Waals surface area contributed by atoms with Crippen molar-refractivity contribution in [3.63, 3.8) is 0 Å². The molecule has 1 aliphatic rings. The number of sulfonamides is 1. The predicted octanol–water partition coefficient (Wildman–Crippen LogP) is 0.821. The molecule has 0 radical (unpaired) electrons. The summed E-state index contributed by atoms with van der Waals surface area (Å²) in [6.45, 7) is 3.92. The summed E-state index contributed by atoms with van der Waals surface area (Å²) in [5.41, 5.74) is 7.52. The van der Waals surface area contributed by atoms with Crippen LogP contribution in [0.4, 0.5) is 11.4 Å². The number of hydrogen-bond acceptors (Lipinski definition) is 4. The molecule has 0 bridgehead atoms. The van der Waals surface area contributed by atoms with Crippen molar-refractivity contribution in [3.8, 4) is 0 Å². The van der Waals surface area contributed by atoms with Crippen LogP contribution in [0.15, 0.2) is 18.2 Å². The number of nitrogens with one attached hydrogen (secondary N) is 1. The molecule has 20 heavy (non-hydrogen) atoms. The van der Waals surface area contributed by atoms with Gasteiger partial charge >= 0.3 is 0 Å². The van der Waals surface area contributed by atoms with E-state index in [1.807, 2.05) is 6.92 Å². The minimum Gasteiger partial charge on any atom is -0.325 e. The molecule has 1 atom stereocenters. The molecule has 0 aromatic heterocycles. The van der Waals surface area contributed by atoms with Crippen LogP contribution in [-0.4, -0.2) is 32.7 Å². The average Bonchev–Trinajstić information content (AvgIpc) is 2.71. The van der Waals surface area contributed by atoms with Crippen LogP contribution in [-0.2, 0) is 14.8 Å². The zero-order valence-corrected chi connectivity index (χ0v) is 12.4. The highest BCUT2D eigenvalue weighted by Gasteiger charge is 2.29. The number of hydrogen-bond donors (Lipinski definition) is 2. The van der Waals surface area contributed by atoms with Crippen molar-refractivity contribution in [3.05, 3.63) is 23.8 Å². The van der Waals surface area contributed by atoms with Crippen LogP contribution in [0.1, 0.15) is 18.9 Å². The van der Waals surface area contributed by atoms with Gasteiger partial charge in [-0.15, -0.1) is 0 Å². The summed E-state index contributed by atoms with van der Waals surface area (Å²) in [6.07, 6.45) is 0.623. The van der Waals surface area contributed by atoms with Crippen molar-refractivity contribution in [1.29, 1.82) is 0 Å². The van der Waals surface area contributed by atoms with Crippen LogP contribution in [0.25, 0.3) is 0 Å². The number of nitrogens with two attached hydrogens (primary N) is 1. The zero-order chi connectivity index (χ0) is 14.9. The Morgan fingerprint density at radius 2 is 2.15 bits per heavy atom. The number of aryl methyl sites for hydroxylation is 1. The van der Waals surface area contributed by atoms with Crippen molar-refractivity contribution < 1.29 is 13.2 Å². The first kappa shape index (κ1) is 14.8. The van der Waals surface area contributed by atoms with Gasteiger partial charge in [-0.2, -0.15) is 0 Å². The van der Waals surface area contributed by atoms with Gasteiger partial charge in [0.05, 0.1) is 17.5 Å². The number of carbonyl (C=O) groups is 1. The number of carbonyl (C=O) groups excluding carboxylic acids is 1. The van der Waals surface area contributed by atoms with Gasteiger partial charge in [-0.05, 0) is 38.0 Å². The Morgan fingerprint density at radius 1 is 1.45 bits per heavy atom. The molecule has 110 valence electrons. The molecule has 1 amide bonds. The molecule has 0 unspecified atom stereocenters. The third-order valence-corrected chi connectivity index (χ3v) is 5.11. The summed E-state index contributed by atoms with van der Waals surface area (Å²) in [7, 11) is -3.23. The fourth-order valence-electron chi connectivity index (χ4n) is 2.12. The standard InChI is InChI=1S/C13H19N3O3S/c1-9-4-5-11(15-13(17)10(2)14)8-12(9)16-6-3-7-20(16,18)19/h4-5,8,10H,3,6-7,14H2,1-2H3,(H,15,17)/t10-/m1/s1. The Kier molecular flexibility index (Phi) is 4.01. The van der Waals surface area contributed by atoms with E-state index in [-0.39, 0.29) is 11.7 Å². The van der Waals surface area contributed by atoms with Gasteiger partial charge in [-0.1, -0.05) is 6.07 Å². The van der Waals surface area contributed by atoms with E-state index in [4.69, 9.17) is 5.73 Å². The molecule has 0 spiro atoms. The molecule has 1 aliphatic heterocycles. The Hall–Kier alpha value is -1.60. The highest BCUT2D eigenvalue weighted by molar-refractivity contribution is 7.93. The lowest BCUT2D eigenvalue weighted by Gasteiger charge is -2.20. The number of benzene rings is 1. The topological polar surface area (TPSA) is 92.5 Å². The maximum absolute atomic E-state index is 12.0. The normalized spacial score (nSPS) is 18.9. The summed E-state index contributed by atoms with van der Waals surface area (Å²) in [5, 5.41) is 2.67. The van der Waals surface area contributed by atoms with Crippen molar-refractivity contribution in [2.24, 2.45) is 5.73 Å². The molecule has 0 saturated carbocycles. The van der Waals surface area contributed by atoms with Crippen LogP contribution in [0.3, 0.4) is 0 Å². The average molecular weight is 297 g/mol. The molecule has 1 aromatic carbocycles. The van der Waals surface area contributed by atoms with Gasteiger partial charge in [0.15, 0.2) is 0 Å². The zero-order valence-electron chi connectivity index (χ0n) is 11.6. The van der Waals surface area contributed by atoms with Gasteiger partial charge in [-0.3, -0.25) is 9.10 Å². The second-order valence-electron chi connectivity index (χ2n) is 5.02. The highest BCUT2D eigenvalue weighted by Crippen LogP contribution is 2.29. The van der Waals surface area contributed by atoms with E-state index in [2.05, 4.69) is 5.32 Å². The first-order valence-corrected chi connectivity index (χ1v) is 8.10. The van der Waals surface area contributed by atoms with E-state index in [9.17, 15) is 13.2 Å². The van der Waals surface area contributed by atoms with Crippen molar-refractivity contribution in [2.45, 2.75) is 26.3 Å². The molecular formula is C13H19N3O3S. The van der Waals surface area contributed by atoms with Crippen LogP contribution in [0.5, 0.6) is 0 Å². The summed E-state index contributed by atoms with van der Waals surface area (Å²) in [5.74, 6) is -0.132. The van der Waals surface area contributed by atoms with Gasteiger partial charge in [0.1, 0.15) is 0 Å². The highest BCUT2D eigenvalue weighted by atomic mass is 32.2. The largest absolute Gasteiger partial charge is 0.325 e. The van der Waals surface area contributed by atoms with Crippen molar-refractivity contribution in [2.75, 3.05) is 21.9 Å². The molecule has 1 fully saturated rings. The van der Waals surface area contributed by atoms with Crippen LogP contribution in [0.2, 0.25) is 0 Å². The maximum Gasteiger partial charge on any atom is 0.240 e. The minimum atomic E-state index is -3.23. The fourth-order valence-corrected chi connectivity index (χ4v) is 3.74.